The molecule has 0 aliphatic carbocycles. The van der Waals surface area contributed by atoms with Crippen LogP contribution in [0.3, 0.4) is 0 Å². The number of imidazole rings is 1. The molecule has 176 valence electrons. The van der Waals surface area contributed by atoms with E-state index in [-0.39, 0.29) is 17.3 Å². The Morgan fingerprint density at radius 3 is 2.56 bits per heavy atom. The first-order valence-electron chi connectivity index (χ1n) is 11.5. The number of nitrogens with zero attached hydrogens (tertiary/aromatic N) is 1. The summed E-state index contributed by atoms with van der Waals surface area (Å²) in [5, 5.41) is 12.0. The number of aromatic amines is 1. The van der Waals surface area contributed by atoms with Crippen molar-refractivity contribution in [2.75, 3.05) is 0 Å². The van der Waals surface area contributed by atoms with Crippen LogP contribution in [0.15, 0.2) is 89.3 Å². The molecule has 0 radical (unpaired) electrons. The number of H-pyrrole nitrogens is 1. The van der Waals surface area contributed by atoms with Crippen LogP contribution in [0.2, 0.25) is 5.02 Å². The van der Waals surface area contributed by atoms with Crippen LogP contribution in [0, 0.1) is 6.92 Å². The van der Waals surface area contributed by atoms with Gasteiger partial charge in [0.2, 0.25) is 5.78 Å². The number of halogens is 1. The van der Waals surface area contributed by atoms with Crippen LogP contribution in [0.1, 0.15) is 32.8 Å². The second-order valence-corrected chi connectivity index (χ2v) is 9.39. The number of aromatic hydroxyl groups is 1. The van der Waals surface area contributed by atoms with Gasteiger partial charge in [-0.25, -0.2) is 4.98 Å². The summed E-state index contributed by atoms with van der Waals surface area (Å²) >= 11 is 5.93. The Kier molecular flexibility index (Phi) is 5.35. The molecule has 6 aromatic rings. The molecule has 0 fully saturated rings. The lowest BCUT2D eigenvalue weighted by Crippen LogP contribution is -1.98. The Balaban J connectivity index is 1.29. The van der Waals surface area contributed by atoms with Gasteiger partial charge in [-0.2, -0.15) is 0 Å². The summed E-state index contributed by atoms with van der Waals surface area (Å²) in [7, 11) is 0. The number of ketones is 1. The van der Waals surface area contributed by atoms with Crippen LogP contribution in [-0.4, -0.2) is 20.9 Å². The third-order valence-electron chi connectivity index (χ3n) is 6.27. The van der Waals surface area contributed by atoms with Gasteiger partial charge in [0.15, 0.2) is 5.76 Å². The third-order valence-corrected chi connectivity index (χ3v) is 6.52. The molecule has 0 saturated carbocycles. The number of aromatic nitrogens is 2. The Hall–Kier alpha value is -4.35. The molecular formula is C30H21ClN2O3. The van der Waals surface area contributed by atoms with Crippen molar-refractivity contribution >= 4 is 39.4 Å². The lowest BCUT2D eigenvalue weighted by Gasteiger charge is -2.07. The zero-order valence-corrected chi connectivity index (χ0v) is 20.1. The van der Waals surface area contributed by atoms with Gasteiger partial charge in [-0.3, -0.25) is 4.79 Å². The number of hydrogen-bond acceptors (Lipinski definition) is 4. The zero-order chi connectivity index (χ0) is 24.8. The molecule has 6 heteroatoms. The van der Waals surface area contributed by atoms with Crippen LogP contribution in [0.5, 0.6) is 5.75 Å². The van der Waals surface area contributed by atoms with Crippen molar-refractivity contribution < 1.29 is 14.3 Å². The Labute approximate surface area is 212 Å². The van der Waals surface area contributed by atoms with E-state index >= 15 is 0 Å². The maximum Gasteiger partial charge on any atom is 0.228 e. The van der Waals surface area contributed by atoms with Crippen LogP contribution >= 0.6 is 11.6 Å². The molecule has 2 aromatic heterocycles. The zero-order valence-electron chi connectivity index (χ0n) is 19.4. The van der Waals surface area contributed by atoms with Gasteiger partial charge in [0.25, 0.3) is 0 Å². The van der Waals surface area contributed by atoms with Crippen LogP contribution in [0.25, 0.3) is 33.4 Å². The number of benzene rings is 4. The molecule has 5 nitrogen and oxygen atoms in total. The van der Waals surface area contributed by atoms with Crippen molar-refractivity contribution in [2.45, 2.75) is 13.3 Å². The molecular weight excluding hydrogens is 472 g/mol. The van der Waals surface area contributed by atoms with Crippen molar-refractivity contribution in [2.24, 2.45) is 0 Å². The largest absolute Gasteiger partial charge is 0.507 e. The van der Waals surface area contributed by atoms with Gasteiger partial charge < -0.3 is 14.5 Å². The molecule has 36 heavy (non-hydrogen) atoms. The van der Waals surface area contributed by atoms with Crippen LogP contribution in [0.4, 0.5) is 0 Å². The number of rotatable bonds is 5. The molecule has 2 heterocycles. The molecule has 0 saturated heterocycles. The molecule has 4 aromatic carbocycles. The summed E-state index contributed by atoms with van der Waals surface area (Å²) in [5.74, 6) is 0.904. The lowest BCUT2D eigenvalue weighted by atomic mass is 10.0. The van der Waals surface area contributed by atoms with Crippen LogP contribution in [-0.2, 0) is 6.42 Å². The summed E-state index contributed by atoms with van der Waals surface area (Å²) in [6, 6.07) is 26.0. The standard InChI is InChI=1S/C30H21ClN2O3/c1-17-2-9-24-25(12-17)33-30(32-24)23-15-19(3-10-26(23)34)13-18-4-11-27-21(14-18)16-28(36-27)29(35)20-5-7-22(31)8-6-20/h2-12,14-16,34H,13H2,1H3,(H,32,33). The van der Waals surface area contributed by atoms with Crippen molar-refractivity contribution in [3.8, 4) is 17.1 Å². The maximum absolute atomic E-state index is 12.8. The summed E-state index contributed by atoms with van der Waals surface area (Å²) in [6.07, 6.45) is 0.647. The molecule has 0 amide bonds. The first-order chi connectivity index (χ1) is 17.4. The van der Waals surface area contributed by atoms with E-state index < -0.39 is 0 Å². The van der Waals surface area contributed by atoms with E-state index in [4.69, 9.17) is 16.0 Å². The average molecular weight is 493 g/mol. The number of carbonyl (C=O) groups is 1. The number of furan rings is 1. The van der Waals surface area contributed by atoms with E-state index in [0.717, 1.165) is 33.1 Å². The SMILES string of the molecule is Cc1ccc2nc(-c3cc(Cc4ccc5oc(C(=O)c6ccc(Cl)cc6)cc5c4)ccc3O)[nH]c2c1. The fraction of sp³-hybridized carbons (Fsp3) is 0.0667. The van der Waals surface area contributed by atoms with Gasteiger partial charge in [0.05, 0.1) is 16.6 Å². The van der Waals surface area contributed by atoms with Gasteiger partial charge in [0, 0.05) is 16.0 Å². The van der Waals surface area contributed by atoms with Crippen molar-refractivity contribution in [1.82, 2.24) is 9.97 Å². The van der Waals surface area contributed by atoms with E-state index in [9.17, 15) is 9.90 Å². The summed E-state index contributed by atoms with van der Waals surface area (Å²) in [5.41, 5.74) is 6.85. The fourth-order valence-electron chi connectivity index (χ4n) is 4.43. The highest BCUT2D eigenvalue weighted by Gasteiger charge is 2.16. The quantitative estimate of drug-likeness (QED) is 0.245. The van der Waals surface area contributed by atoms with E-state index in [1.54, 1.807) is 36.4 Å². The summed E-state index contributed by atoms with van der Waals surface area (Å²) in [4.78, 5) is 20.8. The van der Waals surface area contributed by atoms with Crippen molar-refractivity contribution in [3.05, 3.63) is 118 Å². The van der Waals surface area contributed by atoms with E-state index in [1.807, 2.05) is 55.5 Å². The highest BCUT2D eigenvalue weighted by molar-refractivity contribution is 6.30. The maximum atomic E-state index is 12.8. The predicted octanol–water partition coefficient (Wildman–Crippen LogP) is 7.47. The summed E-state index contributed by atoms with van der Waals surface area (Å²) < 4.78 is 5.82. The molecule has 0 unspecified atom stereocenters. The number of phenols is 1. The Morgan fingerprint density at radius 2 is 1.72 bits per heavy atom. The number of nitrogens with one attached hydrogen (secondary N) is 1. The first kappa shape index (κ1) is 22.1. The van der Waals surface area contributed by atoms with Gasteiger partial charge in [0.1, 0.15) is 17.2 Å². The molecule has 6 rings (SSSR count). The minimum atomic E-state index is -0.186. The monoisotopic (exact) mass is 492 g/mol. The molecule has 0 bridgehead atoms. The number of aryl methyl sites for hydroxylation is 1. The molecule has 0 atom stereocenters. The highest BCUT2D eigenvalue weighted by Crippen LogP contribution is 2.31. The normalized spacial score (nSPS) is 11.4. The van der Waals surface area contributed by atoms with Crippen molar-refractivity contribution in [3.63, 3.8) is 0 Å². The first-order valence-corrected chi connectivity index (χ1v) is 11.9. The minimum Gasteiger partial charge on any atom is -0.507 e. The van der Waals surface area contributed by atoms with E-state index in [1.165, 1.54) is 0 Å². The second kappa shape index (κ2) is 8.70. The Bertz CT molecular complexity index is 1760. The van der Waals surface area contributed by atoms with E-state index in [2.05, 4.69) is 9.97 Å². The number of hydrogen-bond donors (Lipinski definition) is 2. The molecule has 0 spiro atoms. The highest BCUT2D eigenvalue weighted by atomic mass is 35.5. The van der Waals surface area contributed by atoms with Gasteiger partial charge in [-0.1, -0.05) is 29.8 Å². The molecule has 2 N–H and O–H groups in total. The van der Waals surface area contributed by atoms with Gasteiger partial charge in [-0.15, -0.1) is 0 Å². The minimum absolute atomic E-state index is 0.171. The fourth-order valence-corrected chi connectivity index (χ4v) is 4.55. The smallest absolute Gasteiger partial charge is 0.228 e. The second-order valence-electron chi connectivity index (χ2n) is 8.95. The number of fused-ring (bicyclic) bond motifs is 2. The predicted molar refractivity (Wildman–Crippen MR) is 142 cm³/mol. The van der Waals surface area contributed by atoms with Gasteiger partial charge >= 0.3 is 0 Å². The van der Waals surface area contributed by atoms with E-state index in [0.29, 0.717) is 34.0 Å². The van der Waals surface area contributed by atoms with Crippen molar-refractivity contribution in [1.29, 1.82) is 0 Å². The van der Waals surface area contributed by atoms with Crippen LogP contribution < -0.4 is 0 Å². The summed E-state index contributed by atoms with van der Waals surface area (Å²) in [6.45, 7) is 2.03. The average Bonchev–Trinajstić information content (AvgIpc) is 3.49. The number of phenolic OH excluding ortho intramolecular Hbond substituents is 1. The third kappa shape index (κ3) is 4.14. The number of carbonyl (C=O) groups excluding carboxylic acids is 1. The topological polar surface area (TPSA) is 79.1 Å². The van der Waals surface area contributed by atoms with Gasteiger partial charge in [-0.05, 0) is 96.8 Å². The lowest BCUT2D eigenvalue weighted by molar-refractivity contribution is 0.101. The Morgan fingerprint density at radius 1 is 0.944 bits per heavy atom. The molecule has 0 aliphatic heterocycles. The molecule has 0 aliphatic rings.